The molecule has 6 heteroatoms. The molecule has 0 aromatic rings. The Labute approximate surface area is 143 Å². The number of piperazine rings is 1. The number of hydrogen-bond donors (Lipinski definition) is 0. The Hall–Kier alpha value is -0.750. The maximum atomic E-state index is 13.2. The molecule has 3 fully saturated rings. The second-order valence-corrected chi connectivity index (χ2v) is 8.18. The van der Waals surface area contributed by atoms with Gasteiger partial charge in [-0.3, -0.25) is 9.59 Å². The van der Waals surface area contributed by atoms with Crippen LogP contribution in [0.15, 0.2) is 0 Å². The van der Waals surface area contributed by atoms with E-state index >= 15 is 0 Å². The smallest absolute Gasteiger partial charge is 0.229 e. The van der Waals surface area contributed by atoms with E-state index in [1.54, 1.807) is 25.8 Å². The molecule has 2 amide bonds. The first-order valence-electron chi connectivity index (χ1n) is 8.74. The number of amides is 2. The molecule has 0 spiro atoms. The summed E-state index contributed by atoms with van der Waals surface area (Å²) in [4.78, 5) is 29.4. The van der Waals surface area contributed by atoms with E-state index in [0.29, 0.717) is 6.54 Å². The molecule has 3 rings (SSSR count). The summed E-state index contributed by atoms with van der Waals surface area (Å²) in [6.07, 6.45) is 4.38. The zero-order chi connectivity index (χ0) is 16.6. The predicted octanol–water partition coefficient (Wildman–Crippen LogP) is 1.75. The van der Waals surface area contributed by atoms with Crippen molar-refractivity contribution < 1.29 is 14.3 Å². The number of hydrogen-bond acceptors (Lipinski definition) is 4. The highest BCUT2D eigenvalue weighted by Gasteiger charge is 2.47. The molecule has 0 bridgehead atoms. The van der Waals surface area contributed by atoms with E-state index in [0.717, 1.165) is 37.2 Å². The monoisotopic (exact) mass is 340 g/mol. The van der Waals surface area contributed by atoms with Crippen molar-refractivity contribution in [1.82, 2.24) is 9.80 Å². The molecule has 2 heterocycles. The van der Waals surface area contributed by atoms with Gasteiger partial charge in [0.05, 0.1) is 24.1 Å². The summed E-state index contributed by atoms with van der Waals surface area (Å²) in [5.74, 6) is 2.13. The second kappa shape index (κ2) is 7.01. The average molecular weight is 340 g/mol. The summed E-state index contributed by atoms with van der Waals surface area (Å²) >= 11 is 1.81. The van der Waals surface area contributed by atoms with E-state index in [4.69, 9.17) is 4.74 Å². The maximum absolute atomic E-state index is 13.2. The van der Waals surface area contributed by atoms with E-state index in [1.165, 1.54) is 0 Å². The highest BCUT2D eigenvalue weighted by atomic mass is 32.2. The highest BCUT2D eigenvalue weighted by Crippen LogP contribution is 2.36. The maximum Gasteiger partial charge on any atom is 0.229 e. The Kier molecular flexibility index (Phi) is 5.21. The van der Waals surface area contributed by atoms with Crippen LogP contribution < -0.4 is 0 Å². The van der Waals surface area contributed by atoms with Crippen LogP contribution in [0.4, 0.5) is 0 Å². The standard InChI is InChI=1S/C17H28N2O3S/c1-11-8-18(17(21)13-9-23-10-16(13)22-3)14-6-4-5-7-15(14)19(11)12(2)20/h11,13-16H,4-10H2,1-3H3/t11-,13?,14?,15?,16?/m0/s1. The van der Waals surface area contributed by atoms with Crippen LogP contribution in [0.1, 0.15) is 39.5 Å². The van der Waals surface area contributed by atoms with E-state index < -0.39 is 0 Å². The van der Waals surface area contributed by atoms with Gasteiger partial charge in [-0.1, -0.05) is 12.8 Å². The number of ether oxygens (including phenoxy) is 1. The third-order valence-electron chi connectivity index (χ3n) is 5.68. The van der Waals surface area contributed by atoms with Gasteiger partial charge in [0.15, 0.2) is 0 Å². The number of carbonyl (C=O) groups excluding carboxylic acids is 2. The molecule has 4 unspecified atom stereocenters. The van der Waals surface area contributed by atoms with Crippen LogP contribution in [0, 0.1) is 5.92 Å². The van der Waals surface area contributed by atoms with Crippen molar-refractivity contribution in [2.75, 3.05) is 25.2 Å². The van der Waals surface area contributed by atoms with E-state index in [1.807, 2.05) is 4.90 Å². The molecule has 130 valence electrons. The first-order valence-corrected chi connectivity index (χ1v) is 9.90. The van der Waals surface area contributed by atoms with E-state index in [9.17, 15) is 9.59 Å². The third kappa shape index (κ3) is 3.12. The molecule has 2 aliphatic heterocycles. The van der Waals surface area contributed by atoms with Crippen molar-refractivity contribution >= 4 is 23.6 Å². The predicted molar refractivity (Wildman–Crippen MR) is 91.4 cm³/mol. The fourth-order valence-corrected chi connectivity index (χ4v) is 5.97. The van der Waals surface area contributed by atoms with Gasteiger partial charge in [-0.2, -0.15) is 11.8 Å². The molecule has 0 aromatic heterocycles. The number of carbonyl (C=O) groups is 2. The third-order valence-corrected chi connectivity index (χ3v) is 6.84. The van der Waals surface area contributed by atoms with Gasteiger partial charge < -0.3 is 14.5 Å². The molecule has 5 atom stereocenters. The van der Waals surface area contributed by atoms with Gasteiger partial charge in [-0.05, 0) is 19.8 Å². The normalized spacial score (nSPS) is 37.6. The van der Waals surface area contributed by atoms with Crippen molar-refractivity contribution in [3.63, 3.8) is 0 Å². The van der Waals surface area contributed by atoms with Crippen LogP contribution in [-0.2, 0) is 14.3 Å². The first-order chi connectivity index (χ1) is 11.0. The Morgan fingerprint density at radius 3 is 2.48 bits per heavy atom. The number of fused-ring (bicyclic) bond motifs is 1. The van der Waals surface area contributed by atoms with E-state index in [-0.39, 0.29) is 42.0 Å². The van der Waals surface area contributed by atoms with Crippen molar-refractivity contribution in [2.45, 2.75) is 63.8 Å². The average Bonchev–Trinajstić information content (AvgIpc) is 3.01. The lowest BCUT2D eigenvalue weighted by atomic mass is 9.84. The van der Waals surface area contributed by atoms with Gasteiger partial charge in [0.25, 0.3) is 0 Å². The minimum Gasteiger partial charge on any atom is -0.380 e. The van der Waals surface area contributed by atoms with Crippen LogP contribution >= 0.6 is 11.8 Å². The molecule has 0 N–H and O–H groups in total. The molecular weight excluding hydrogens is 312 g/mol. The van der Waals surface area contributed by atoms with Crippen molar-refractivity contribution in [2.24, 2.45) is 5.92 Å². The van der Waals surface area contributed by atoms with Crippen molar-refractivity contribution in [1.29, 1.82) is 0 Å². The summed E-state index contributed by atoms with van der Waals surface area (Å²) in [6.45, 7) is 4.40. The number of rotatable bonds is 2. The highest BCUT2D eigenvalue weighted by molar-refractivity contribution is 7.99. The van der Waals surface area contributed by atoms with Gasteiger partial charge in [0.1, 0.15) is 0 Å². The summed E-state index contributed by atoms with van der Waals surface area (Å²) in [6, 6.07) is 0.495. The largest absolute Gasteiger partial charge is 0.380 e. The summed E-state index contributed by atoms with van der Waals surface area (Å²) in [5.41, 5.74) is 0. The Morgan fingerprint density at radius 2 is 1.83 bits per heavy atom. The summed E-state index contributed by atoms with van der Waals surface area (Å²) in [5, 5.41) is 0. The van der Waals surface area contributed by atoms with E-state index in [2.05, 4.69) is 11.8 Å². The van der Waals surface area contributed by atoms with Gasteiger partial charge >= 0.3 is 0 Å². The number of thioether (sulfide) groups is 1. The molecule has 5 nitrogen and oxygen atoms in total. The molecule has 0 radical (unpaired) electrons. The fraction of sp³-hybridized carbons (Fsp3) is 0.882. The number of methoxy groups -OCH3 is 1. The lowest BCUT2D eigenvalue weighted by molar-refractivity contribution is -0.157. The van der Waals surface area contributed by atoms with Crippen molar-refractivity contribution in [3.8, 4) is 0 Å². The quantitative estimate of drug-likeness (QED) is 0.768. The van der Waals surface area contributed by atoms with Gasteiger partial charge in [-0.15, -0.1) is 0 Å². The molecule has 2 saturated heterocycles. The molecule has 23 heavy (non-hydrogen) atoms. The van der Waals surface area contributed by atoms with Crippen LogP contribution in [0.3, 0.4) is 0 Å². The fourth-order valence-electron chi connectivity index (χ4n) is 4.62. The van der Waals surface area contributed by atoms with Crippen molar-refractivity contribution in [3.05, 3.63) is 0 Å². The van der Waals surface area contributed by atoms with Gasteiger partial charge in [0.2, 0.25) is 11.8 Å². The zero-order valence-electron chi connectivity index (χ0n) is 14.4. The first kappa shape index (κ1) is 17.1. The lowest BCUT2D eigenvalue weighted by Crippen LogP contribution is -2.67. The van der Waals surface area contributed by atoms with Crippen LogP contribution in [0.5, 0.6) is 0 Å². The van der Waals surface area contributed by atoms with Gasteiger partial charge in [0, 0.05) is 38.1 Å². The Morgan fingerprint density at radius 1 is 1.13 bits per heavy atom. The molecule has 0 aromatic carbocycles. The minimum absolute atomic E-state index is 0.0244. The summed E-state index contributed by atoms with van der Waals surface area (Å²) < 4.78 is 5.53. The molecular formula is C17H28N2O3S. The SMILES string of the molecule is COC1CSCC1C(=O)N1C[C@H](C)N(C(C)=O)C2CCCCC21. The zero-order valence-corrected chi connectivity index (χ0v) is 15.2. The second-order valence-electron chi connectivity index (χ2n) is 7.10. The Balaban J connectivity index is 1.81. The van der Waals surface area contributed by atoms with Gasteiger partial charge in [-0.25, -0.2) is 0 Å². The van der Waals surface area contributed by atoms with Crippen LogP contribution in [0.2, 0.25) is 0 Å². The topological polar surface area (TPSA) is 49.9 Å². The molecule has 1 saturated carbocycles. The number of nitrogens with zero attached hydrogens (tertiary/aromatic N) is 2. The summed E-state index contributed by atoms with van der Waals surface area (Å²) in [7, 11) is 1.70. The molecule has 1 aliphatic carbocycles. The van der Waals surface area contributed by atoms with Crippen LogP contribution in [0.25, 0.3) is 0 Å². The Bertz CT molecular complexity index is 473. The molecule has 3 aliphatic rings. The minimum atomic E-state index is -0.0244. The van der Waals surface area contributed by atoms with Crippen LogP contribution in [-0.4, -0.2) is 71.0 Å². The lowest BCUT2D eigenvalue weighted by Gasteiger charge is -2.53.